The van der Waals surface area contributed by atoms with Gasteiger partial charge in [-0.25, -0.2) is 12.1 Å². The summed E-state index contributed by atoms with van der Waals surface area (Å²) in [6.45, 7) is 9.00. The van der Waals surface area contributed by atoms with Gasteiger partial charge in [-0.1, -0.05) is 0 Å². The zero-order valence-corrected chi connectivity index (χ0v) is 12.9. The maximum atomic E-state index is 7.50. The predicted molar refractivity (Wildman–Crippen MR) is 53.2 cm³/mol. The van der Waals surface area contributed by atoms with Crippen molar-refractivity contribution in [2.75, 3.05) is 0 Å². The first-order valence-corrected chi connectivity index (χ1v) is 13.5. The fourth-order valence-corrected chi connectivity index (χ4v) is 0.321. The third-order valence-electron chi connectivity index (χ3n) is 0.556. The Bertz CT molecular complexity index is 163. The molecule has 7 heteroatoms. The summed E-state index contributed by atoms with van der Waals surface area (Å²) in [7, 11) is 15.0. The first kappa shape index (κ1) is 24.3. The van der Waals surface area contributed by atoms with Gasteiger partial charge in [0.2, 0.25) is 0 Å². The SMILES string of the molecule is [C-]#[O+].[C-]#[O+].[Cl][Sn]([Cl])[Cl].[Fe].c1cc[cH-]c1. The third kappa shape index (κ3) is 51.9. The summed E-state index contributed by atoms with van der Waals surface area (Å²) in [5.41, 5.74) is 0. The van der Waals surface area contributed by atoms with E-state index in [2.05, 4.69) is 13.3 Å². The molecule has 1 aromatic rings. The van der Waals surface area contributed by atoms with Gasteiger partial charge in [0.25, 0.3) is 0 Å². The summed E-state index contributed by atoms with van der Waals surface area (Å²) in [6, 6.07) is 10.0. The molecule has 0 aromatic heterocycles. The quantitative estimate of drug-likeness (QED) is 0.364. The molecular formula is C7H5Cl3FeO2Sn-. The molecule has 0 saturated carbocycles. The molecule has 0 aliphatic carbocycles. The second kappa shape index (κ2) is 29.2. The van der Waals surface area contributed by atoms with Crippen LogP contribution < -0.4 is 0 Å². The average Bonchev–Trinajstić information content (AvgIpc) is 2.67. The van der Waals surface area contributed by atoms with Crippen LogP contribution in [0.5, 0.6) is 0 Å². The molecule has 0 bridgehead atoms. The Labute approximate surface area is 112 Å². The molecule has 1 radical (unpaired) electrons. The largest absolute Gasteiger partial charge is 0.214 e. The van der Waals surface area contributed by atoms with E-state index in [0.29, 0.717) is 0 Å². The van der Waals surface area contributed by atoms with E-state index in [-0.39, 0.29) is 17.1 Å². The zero-order valence-electron chi connectivity index (χ0n) is 6.69. The molecule has 2 nitrogen and oxygen atoms in total. The van der Waals surface area contributed by atoms with E-state index in [4.69, 9.17) is 36.1 Å². The average molecular weight is 402 g/mol. The van der Waals surface area contributed by atoms with E-state index in [1.165, 1.54) is 0 Å². The first-order valence-electron chi connectivity index (χ1n) is 2.64. The van der Waals surface area contributed by atoms with E-state index in [1.807, 2.05) is 30.3 Å². The van der Waals surface area contributed by atoms with Crippen molar-refractivity contribution in [1.82, 2.24) is 0 Å². The number of hydrogen-bond donors (Lipinski definition) is 0. The van der Waals surface area contributed by atoms with E-state index in [9.17, 15) is 0 Å². The summed E-state index contributed by atoms with van der Waals surface area (Å²) in [5, 5.41) is 0. The molecular weight excluding hydrogens is 397 g/mol. The number of halogens is 3. The van der Waals surface area contributed by atoms with Crippen LogP contribution in [-0.4, -0.2) is 16.4 Å². The van der Waals surface area contributed by atoms with Gasteiger partial charge in [0.1, 0.15) is 0 Å². The van der Waals surface area contributed by atoms with Crippen molar-refractivity contribution >= 4 is 43.1 Å². The second-order valence-electron chi connectivity index (χ2n) is 1.18. The fourth-order valence-electron chi connectivity index (χ4n) is 0.321. The van der Waals surface area contributed by atoms with Gasteiger partial charge >= 0.3 is 65.7 Å². The van der Waals surface area contributed by atoms with Gasteiger partial charge in [0.05, 0.1) is 0 Å². The first-order chi connectivity index (χ1) is 6.23. The molecule has 0 atom stereocenters. The van der Waals surface area contributed by atoms with E-state index >= 15 is 0 Å². The van der Waals surface area contributed by atoms with Gasteiger partial charge in [-0.3, -0.25) is 0 Å². The van der Waals surface area contributed by atoms with Gasteiger partial charge in [-0.2, -0.15) is 18.2 Å². The Morgan fingerprint density at radius 1 is 0.929 bits per heavy atom. The molecule has 0 fully saturated rings. The van der Waals surface area contributed by atoms with E-state index < -0.39 is 16.4 Å². The number of rotatable bonds is 0. The van der Waals surface area contributed by atoms with Gasteiger partial charge < -0.3 is 0 Å². The molecule has 1 rings (SSSR count). The second-order valence-corrected chi connectivity index (χ2v) is 13.9. The van der Waals surface area contributed by atoms with E-state index in [0.717, 1.165) is 0 Å². The molecule has 79 valence electrons. The van der Waals surface area contributed by atoms with Gasteiger partial charge in [0, 0.05) is 17.1 Å². The summed E-state index contributed by atoms with van der Waals surface area (Å²) >= 11 is -2.13. The van der Waals surface area contributed by atoms with Crippen molar-refractivity contribution < 1.29 is 26.4 Å². The normalized spacial score (nSPS) is 5.71. The minimum atomic E-state index is -2.13. The maximum Gasteiger partial charge on any atom is 0 e. The summed E-state index contributed by atoms with van der Waals surface area (Å²) in [5.74, 6) is 0. The zero-order chi connectivity index (χ0) is 11.1. The Morgan fingerprint density at radius 2 is 1.14 bits per heavy atom. The summed E-state index contributed by atoms with van der Waals surface area (Å²) < 4.78 is 15.0. The molecule has 0 amide bonds. The molecule has 1 aromatic carbocycles. The van der Waals surface area contributed by atoms with Crippen molar-refractivity contribution in [3.8, 4) is 0 Å². The molecule has 0 aliphatic heterocycles. The summed E-state index contributed by atoms with van der Waals surface area (Å²) in [4.78, 5) is 0. The van der Waals surface area contributed by atoms with Crippen molar-refractivity contribution in [2.45, 2.75) is 0 Å². The Balaban J connectivity index is -0.0000000511. The maximum absolute atomic E-state index is 7.50. The minimum Gasteiger partial charge on any atom is -0.214 e. The van der Waals surface area contributed by atoms with Crippen LogP contribution >= 0.6 is 26.8 Å². The van der Waals surface area contributed by atoms with Crippen LogP contribution in [0.15, 0.2) is 30.3 Å². The van der Waals surface area contributed by atoms with Gasteiger partial charge in [-0.15, -0.1) is 0 Å². The molecule has 0 aliphatic rings. The van der Waals surface area contributed by atoms with Gasteiger partial charge in [-0.05, 0) is 0 Å². The topological polar surface area (TPSA) is 39.8 Å². The Morgan fingerprint density at radius 3 is 1.21 bits per heavy atom. The minimum absolute atomic E-state index is 0. The molecule has 0 unspecified atom stereocenters. The fraction of sp³-hybridized carbons (Fsp3) is 0. The third-order valence-corrected chi connectivity index (χ3v) is 0.556. The molecule has 0 spiro atoms. The van der Waals surface area contributed by atoms with Crippen molar-refractivity contribution in [3.63, 3.8) is 0 Å². The van der Waals surface area contributed by atoms with Crippen molar-refractivity contribution in [2.24, 2.45) is 0 Å². The van der Waals surface area contributed by atoms with Crippen molar-refractivity contribution in [1.29, 1.82) is 0 Å². The van der Waals surface area contributed by atoms with Crippen LogP contribution in [0.3, 0.4) is 0 Å². The molecule has 0 heterocycles. The van der Waals surface area contributed by atoms with Crippen LogP contribution in [0.2, 0.25) is 0 Å². The van der Waals surface area contributed by atoms with Crippen LogP contribution in [-0.2, 0) is 26.4 Å². The molecule has 14 heavy (non-hydrogen) atoms. The van der Waals surface area contributed by atoms with Crippen LogP contribution in [0.25, 0.3) is 0 Å². The molecule has 0 N–H and O–H groups in total. The van der Waals surface area contributed by atoms with Crippen LogP contribution in [0.1, 0.15) is 0 Å². The smallest absolute Gasteiger partial charge is 0 e. The predicted octanol–water partition coefficient (Wildman–Crippen LogP) is 3.02. The standard InChI is InChI=1S/C5H5.2CO.3ClH.Fe.Sn/c1-2-4-5-3-1;2*1-2;;;;;/h1-5H;;;3*1H;;/q-1;;;;;;;+3/p-3. The Kier molecular flexibility index (Phi) is 50.7. The van der Waals surface area contributed by atoms with Gasteiger partial charge in [0.15, 0.2) is 0 Å². The summed E-state index contributed by atoms with van der Waals surface area (Å²) in [6.07, 6.45) is 0. The molecule has 0 saturated heterocycles. The van der Waals surface area contributed by atoms with Crippen LogP contribution in [0.4, 0.5) is 0 Å². The monoisotopic (exact) mass is 402 g/mol. The van der Waals surface area contributed by atoms with Crippen LogP contribution in [0, 0.1) is 13.3 Å². The Hall–Kier alpha value is 1.02. The van der Waals surface area contributed by atoms with Crippen molar-refractivity contribution in [3.05, 3.63) is 43.6 Å². The number of hydrogen-bond acceptors (Lipinski definition) is 0. The van der Waals surface area contributed by atoms with E-state index in [1.54, 1.807) is 0 Å².